The molecule has 0 amide bonds. The average Bonchev–Trinajstić information content (AvgIpc) is 2.03. The Morgan fingerprint density at radius 2 is 2.27 bits per heavy atom. The molecule has 1 heterocycles. The maximum atomic E-state index is 4.42. The summed E-state index contributed by atoms with van der Waals surface area (Å²) < 4.78 is 0. The summed E-state index contributed by atoms with van der Waals surface area (Å²) in [4.78, 5) is 2.24. The Morgan fingerprint density at radius 1 is 1.45 bits per heavy atom. The zero-order valence-corrected chi connectivity index (χ0v) is 7.80. The van der Waals surface area contributed by atoms with Crippen molar-refractivity contribution < 1.29 is 0 Å². The van der Waals surface area contributed by atoms with E-state index in [9.17, 15) is 0 Å². The van der Waals surface area contributed by atoms with Crippen LogP contribution in [0.4, 0.5) is 0 Å². The smallest absolute Gasteiger partial charge is 0.0904 e. The third kappa shape index (κ3) is 2.62. The van der Waals surface area contributed by atoms with Gasteiger partial charge >= 0.3 is 0 Å². The van der Waals surface area contributed by atoms with Crippen molar-refractivity contribution in [3.63, 3.8) is 0 Å². The topological polar surface area (TPSA) is 3.24 Å². The van der Waals surface area contributed by atoms with Crippen molar-refractivity contribution in [3.05, 3.63) is 24.4 Å². The minimum Gasteiger partial charge on any atom is -0.362 e. The third-order valence-electron chi connectivity index (χ3n) is 1.78. The molecule has 0 aliphatic carbocycles. The van der Waals surface area contributed by atoms with Crippen molar-refractivity contribution in [3.8, 4) is 0 Å². The van der Waals surface area contributed by atoms with Crippen molar-refractivity contribution in [2.24, 2.45) is 0 Å². The third-order valence-corrected chi connectivity index (χ3v) is 2.25. The van der Waals surface area contributed by atoms with Crippen LogP contribution in [0.5, 0.6) is 0 Å². The molecule has 0 N–H and O–H groups in total. The maximum Gasteiger partial charge on any atom is 0.0904 e. The van der Waals surface area contributed by atoms with Crippen molar-refractivity contribution in [1.82, 2.24) is 4.90 Å². The number of rotatable bonds is 3. The summed E-state index contributed by atoms with van der Waals surface area (Å²) in [5, 5.41) is 0.284. The molecule has 0 aromatic heterocycles. The van der Waals surface area contributed by atoms with Gasteiger partial charge in [0.2, 0.25) is 0 Å². The molecular formula is C9H15NS. The van der Waals surface area contributed by atoms with Crippen LogP contribution in [0.3, 0.4) is 0 Å². The Kier molecular flexibility index (Phi) is 3.57. The Hall–Kier alpha value is -0.370. The molecule has 11 heavy (non-hydrogen) atoms. The van der Waals surface area contributed by atoms with E-state index in [0.29, 0.717) is 0 Å². The van der Waals surface area contributed by atoms with Crippen LogP contribution in [0.2, 0.25) is 0 Å². The van der Waals surface area contributed by atoms with Gasteiger partial charge in [-0.15, -0.1) is 0 Å². The number of allylic oxidation sites excluding steroid dienone is 2. The minimum atomic E-state index is 0.284. The van der Waals surface area contributed by atoms with E-state index in [2.05, 4.69) is 42.8 Å². The second kappa shape index (κ2) is 4.50. The largest absolute Gasteiger partial charge is 0.362 e. The maximum absolute atomic E-state index is 4.42. The molecule has 1 rings (SSSR count). The molecule has 0 bridgehead atoms. The van der Waals surface area contributed by atoms with Gasteiger partial charge < -0.3 is 4.90 Å². The minimum absolute atomic E-state index is 0.284. The van der Waals surface area contributed by atoms with Gasteiger partial charge in [-0.25, -0.2) is 0 Å². The highest BCUT2D eigenvalue weighted by molar-refractivity contribution is 7.81. The number of unbranched alkanes of at least 4 members (excludes halogenated alkanes) is 1. The van der Waals surface area contributed by atoms with E-state index in [1.165, 1.54) is 12.8 Å². The van der Waals surface area contributed by atoms with Gasteiger partial charge in [-0.1, -0.05) is 25.5 Å². The van der Waals surface area contributed by atoms with Gasteiger partial charge in [0.15, 0.2) is 0 Å². The van der Waals surface area contributed by atoms with E-state index in [1.54, 1.807) is 0 Å². The van der Waals surface area contributed by atoms with E-state index < -0.39 is 0 Å². The standard InChI is InChI=1S/C9H15NS/c1-2-3-7-10-8-5-4-6-9(10)11/h4-6,8-9,11H,2-3,7H2,1H3. The molecule has 1 nitrogen and oxygen atoms in total. The molecular weight excluding hydrogens is 154 g/mol. The first-order chi connectivity index (χ1) is 5.34. The Balaban J connectivity index is 2.33. The van der Waals surface area contributed by atoms with Gasteiger partial charge in [0.25, 0.3) is 0 Å². The SMILES string of the molecule is CCCCN1C=CC=CC1S. The number of hydrogen-bond donors (Lipinski definition) is 1. The van der Waals surface area contributed by atoms with Crippen LogP contribution >= 0.6 is 12.6 Å². The summed E-state index contributed by atoms with van der Waals surface area (Å²) in [6.45, 7) is 3.32. The fraction of sp³-hybridized carbons (Fsp3) is 0.556. The van der Waals surface area contributed by atoms with Crippen LogP contribution in [0, 0.1) is 0 Å². The monoisotopic (exact) mass is 169 g/mol. The number of nitrogens with zero attached hydrogens (tertiary/aromatic N) is 1. The lowest BCUT2D eigenvalue weighted by atomic mass is 10.3. The molecule has 1 aliphatic rings. The highest BCUT2D eigenvalue weighted by Gasteiger charge is 2.07. The molecule has 0 saturated heterocycles. The van der Waals surface area contributed by atoms with Gasteiger partial charge in [-0.2, -0.15) is 12.6 Å². The van der Waals surface area contributed by atoms with Gasteiger partial charge in [-0.05, 0) is 12.5 Å². The van der Waals surface area contributed by atoms with Crippen molar-refractivity contribution in [2.75, 3.05) is 6.54 Å². The van der Waals surface area contributed by atoms with Gasteiger partial charge in [0.05, 0.1) is 5.37 Å². The summed E-state index contributed by atoms with van der Waals surface area (Å²) in [6, 6.07) is 0. The van der Waals surface area contributed by atoms with Crippen LogP contribution in [0.1, 0.15) is 19.8 Å². The van der Waals surface area contributed by atoms with E-state index in [-0.39, 0.29) is 5.37 Å². The van der Waals surface area contributed by atoms with Crippen LogP contribution in [-0.4, -0.2) is 16.8 Å². The highest BCUT2D eigenvalue weighted by atomic mass is 32.1. The predicted molar refractivity (Wildman–Crippen MR) is 52.7 cm³/mol. The van der Waals surface area contributed by atoms with E-state index in [1.807, 2.05) is 6.08 Å². The fourth-order valence-corrected chi connectivity index (χ4v) is 1.36. The number of thiol groups is 1. The molecule has 0 saturated carbocycles. The Labute approximate surface area is 74.2 Å². The summed E-state index contributed by atoms with van der Waals surface area (Å²) in [5.74, 6) is 0. The average molecular weight is 169 g/mol. The molecule has 0 aromatic rings. The van der Waals surface area contributed by atoms with Gasteiger partial charge in [0, 0.05) is 12.7 Å². The lowest BCUT2D eigenvalue weighted by Crippen LogP contribution is -2.26. The zero-order valence-electron chi connectivity index (χ0n) is 6.90. The highest BCUT2D eigenvalue weighted by Crippen LogP contribution is 2.12. The summed E-state index contributed by atoms with van der Waals surface area (Å²) >= 11 is 4.42. The molecule has 1 aliphatic heterocycles. The zero-order chi connectivity index (χ0) is 8.10. The van der Waals surface area contributed by atoms with E-state index >= 15 is 0 Å². The fourth-order valence-electron chi connectivity index (χ4n) is 1.07. The molecule has 0 radical (unpaired) electrons. The van der Waals surface area contributed by atoms with Crippen molar-refractivity contribution in [2.45, 2.75) is 25.1 Å². The Morgan fingerprint density at radius 3 is 2.91 bits per heavy atom. The molecule has 0 aromatic carbocycles. The van der Waals surface area contributed by atoms with Crippen molar-refractivity contribution in [1.29, 1.82) is 0 Å². The summed E-state index contributed by atoms with van der Waals surface area (Å²) in [7, 11) is 0. The predicted octanol–water partition coefficient (Wildman–Crippen LogP) is 2.43. The number of hydrogen-bond acceptors (Lipinski definition) is 2. The molecule has 1 atom stereocenters. The first-order valence-corrected chi connectivity index (χ1v) is 4.65. The molecule has 0 fully saturated rings. The lowest BCUT2D eigenvalue weighted by molar-refractivity contribution is 0.379. The second-order valence-electron chi connectivity index (χ2n) is 2.73. The quantitative estimate of drug-likeness (QED) is 0.635. The van der Waals surface area contributed by atoms with Gasteiger partial charge in [-0.3, -0.25) is 0 Å². The van der Waals surface area contributed by atoms with E-state index in [4.69, 9.17) is 0 Å². The van der Waals surface area contributed by atoms with Crippen LogP contribution in [0.25, 0.3) is 0 Å². The first kappa shape index (κ1) is 8.72. The van der Waals surface area contributed by atoms with Crippen LogP contribution in [0.15, 0.2) is 24.4 Å². The van der Waals surface area contributed by atoms with Gasteiger partial charge in [0.1, 0.15) is 0 Å². The first-order valence-electron chi connectivity index (χ1n) is 4.13. The summed E-state index contributed by atoms with van der Waals surface area (Å²) in [6.07, 6.45) is 10.8. The van der Waals surface area contributed by atoms with Crippen LogP contribution in [-0.2, 0) is 0 Å². The molecule has 0 spiro atoms. The van der Waals surface area contributed by atoms with E-state index in [0.717, 1.165) is 6.54 Å². The lowest BCUT2D eigenvalue weighted by Gasteiger charge is -2.26. The van der Waals surface area contributed by atoms with Crippen LogP contribution < -0.4 is 0 Å². The Bertz CT molecular complexity index is 163. The van der Waals surface area contributed by atoms with Crippen molar-refractivity contribution >= 4 is 12.6 Å². The molecule has 62 valence electrons. The normalized spacial score (nSPS) is 22.7. The second-order valence-corrected chi connectivity index (χ2v) is 3.26. The molecule has 2 heteroatoms. The molecule has 1 unspecified atom stereocenters. The summed E-state index contributed by atoms with van der Waals surface area (Å²) in [5.41, 5.74) is 0.